The number of hydrogen-bond acceptors (Lipinski definition) is 3. The first kappa shape index (κ1) is 33.5. The Labute approximate surface area is 341 Å². The highest BCUT2D eigenvalue weighted by molar-refractivity contribution is 6.23. The summed E-state index contributed by atoms with van der Waals surface area (Å²) in [5.41, 5.74) is 14.5. The van der Waals surface area contributed by atoms with Gasteiger partial charge in [-0.2, -0.15) is 9.97 Å². The summed E-state index contributed by atoms with van der Waals surface area (Å²) in [5, 5.41) is 4.65. The minimum Gasteiger partial charge on any atom is -0.307 e. The van der Waals surface area contributed by atoms with Crippen molar-refractivity contribution < 1.29 is 0 Å². The van der Waals surface area contributed by atoms with Crippen molar-refractivity contribution in [3.8, 4) is 56.7 Å². The molecule has 0 amide bonds. The quantitative estimate of drug-likeness (QED) is 0.176. The lowest BCUT2D eigenvalue weighted by Crippen LogP contribution is -2.17. The highest BCUT2D eigenvalue weighted by Gasteiger charge is 2.38. The molecular weight excluding hydrogens is 719 g/mol. The Morgan fingerprint density at radius 2 is 0.898 bits per heavy atom. The maximum Gasteiger partial charge on any atom is 0.238 e. The van der Waals surface area contributed by atoms with Gasteiger partial charge in [-0.1, -0.05) is 178 Å². The van der Waals surface area contributed by atoms with Crippen LogP contribution in [0.4, 0.5) is 0 Å². The fourth-order valence-electron chi connectivity index (χ4n) is 9.74. The van der Waals surface area contributed by atoms with Gasteiger partial charge in [-0.05, 0) is 57.6 Å². The molecule has 0 saturated carbocycles. The van der Waals surface area contributed by atoms with E-state index in [1.54, 1.807) is 0 Å². The molecule has 0 saturated heterocycles. The first-order valence-corrected chi connectivity index (χ1v) is 20.2. The van der Waals surface area contributed by atoms with E-state index < -0.39 is 0 Å². The van der Waals surface area contributed by atoms with Gasteiger partial charge in [-0.25, -0.2) is 4.98 Å². The van der Waals surface area contributed by atoms with E-state index in [1.165, 1.54) is 38.6 Å². The molecule has 11 aromatic rings. The van der Waals surface area contributed by atoms with Crippen molar-refractivity contribution in [2.24, 2.45) is 0 Å². The zero-order valence-corrected chi connectivity index (χ0v) is 32.6. The molecule has 0 fully saturated rings. The van der Waals surface area contributed by atoms with E-state index in [1.807, 2.05) is 6.07 Å². The van der Waals surface area contributed by atoms with Gasteiger partial charge in [0.2, 0.25) is 5.95 Å². The van der Waals surface area contributed by atoms with E-state index >= 15 is 0 Å². The van der Waals surface area contributed by atoms with Crippen molar-refractivity contribution in [2.45, 2.75) is 19.3 Å². The molecule has 3 aromatic heterocycles. The molecule has 12 rings (SSSR count). The fourth-order valence-corrected chi connectivity index (χ4v) is 9.74. The molecule has 8 aromatic carbocycles. The molecular formula is C54H37N5. The largest absolute Gasteiger partial charge is 0.307 e. The second kappa shape index (κ2) is 12.7. The van der Waals surface area contributed by atoms with Crippen LogP contribution in [0, 0.1) is 0 Å². The lowest BCUT2D eigenvalue weighted by Gasteiger charge is -2.24. The molecule has 5 nitrogen and oxygen atoms in total. The standard InChI is InChI=1S/C54H37N5/c1-54(2)45-25-12-9-20-38(45)41-23-15-24-44(48(41)54)52-55-51(36-30-28-35(29-31-36)34-16-5-3-6-17-34)56-53(57-52)59-47-27-14-11-22-40(47)43-33-32-42-39-21-10-13-26-46(39)58(49(42)50(43)59)37-18-7-4-8-19-37/h3-33H,1-2H3. The first-order valence-electron chi connectivity index (χ1n) is 20.2. The molecule has 0 aliphatic heterocycles. The lowest BCUT2D eigenvalue weighted by atomic mass is 9.80. The SMILES string of the molecule is CC1(C)c2ccccc2-c2cccc(-c3nc(-c4ccc(-c5ccccc5)cc4)nc(-n4c5ccccc5c5ccc6c7ccccc7n(-c7ccccc7)c6c54)n3)c21. The summed E-state index contributed by atoms with van der Waals surface area (Å²) in [5.74, 6) is 1.85. The van der Waals surface area contributed by atoms with Crippen molar-refractivity contribution in [3.63, 3.8) is 0 Å². The molecule has 0 radical (unpaired) electrons. The van der Waals surface area contributed by atoms with Crippen LogP contribution in [-0.4, -0.2) is 24.1 Å². The topological polar surface area (TPSA) is 48.5 Å². The Balaban J connectivity index is 1.19. The number of para-hydroxylation sites is 3. The summed E-state index contributed by atoms with van der Waals surface area (Å²) in [6, 6.07) is 67.0. The van der Waals surface area contributed by atoms with Crippen molar-refractivity contribution >= 4 is 43.6 Å². The first-order chi connectivity index (χ1) is 29.0. The zero-order valence-electron chi connectivity index (χ0n) is 32.6. The van der Waals surface area contributed by atoms with E-state index in [4.69, 9.17) is 15.0 Å². The second-order valence-electron chi connectivity index (χ2n) is 16.0. The maximum atomic E-state index is 5.54. The molecule has 0 atom stereocenters. The average molecular weight is 756 g/mol. The van der Waals surface area contributed by atoms with Gasteiger partial charge in [-0.15, -0.1) is 0 Å². The molecule has 59 heavy (non-hydrogen) atoms. The Kier molecular flexibility index (Phi) is 7.20. The monoisotopic (exact) mass is 755 g/mol. The van der Waals surface area contributed by atoms with Gasteiger partial charge in [0.1, 0.15) is 0 Å². The van der Waals surface area contributed by atoms with E-state index in [0.717, 1.165) is 55.2 Å². The van der Waals surface area contributed by atoms with Crippen LogP contribution in [0.25, 0.3) is 100 Å². The van der Waals surface area contributed by atoms with E-state index in [0.29, 0.717) is 17.6 Å². The molecule has 1 aliphatic rings. The van der Waals surface area contributed by atoms with Gasteiger partial charge in [0, 0.05) is 43.8 Å². The molecule has 278 valence electrons. The predicted molar refractivity (Wildman–Crippen MR) is 242 cm³/mol. The van der Waals surface area contributed by atoms with Gasteiger partial charge in [-0.3, -0.25) is 4.57 Å². The van der Waals surface area contributed by atoms with Crippen LogP contribution >= 0.6 is 0 Å². The van der Waals surface area contributed by atoms with E-state index in [2.05, 4.69) is 205 Å². The molecule has 0 N–H and O–H groups in total. The van der Waals surface area contributed by atoms with Crippen LogP contribution < -0.4 is 0 Å². The molecule has 0 bridgehead atoms. The van der Waals surface area contributed by atoms with Crippen molar-refractivity contribution in [1.29, 1.82) is 0 Å². The Hall–Kier alpha value is -7.63. The molecule has 1 aliphatic carbocycles. The highest BCUT2D eigenvalue weighted by atomic mass is 15.2. The molecule has 0 unspecified atom stereocenters. The summed E-state index contributed by atoms with van der Waals surface area (Å²) in [7, 11) is 0. The van der Waals surface area contributed by atoms with Crippen LogP contribution in [0.5, 0.6) is 0 Å². The Morgan fingerprint density at radius 1 is 0.373 bits per heavy atom. The highest BCUT2D eigenvalue weighted by Crippen LogP contribution is 2.52. The van der Waals surface area contributed by atoms with E-state index in [-0.39, 0.29) is 5.41 Å². The maximum absolute atomic E-state index is 5.54. The predicted octanol–water partition coefficient (Wildman–Crippen LogP) is 13.4. The second-order valence-corrected chi connectivity index (χ2v) is 16.0. The molecule has 0 spiro atoms. The third-order valence-corrected chi connectivity index (χ3v) is 12.4. The lowest BCUT2D eigenvalue weighted by molar-refractivity contribution is 0.661. The summed E-state index contributed by atoms with van der Waals surface area (Å²) < 4.78 is 4.68. The Morgan fingerprint density at radius 3 is 1.63 bits per heavy atom. The van der Waals surface area contributed by atoms with Gasteiger partial charge in [0.05, 0.1) is 22.1 Å². The fraction of sp³-hybridized carbons (Fsp3) is 0.0556. The van der Waals surface area contributed by atoms with Crippen molar-refractivity contribution in [1.82, 2.24) is 24.1 Å². The summed E-state index contributed by atoms with van der Waals surface area (Å²) in [6.07, 6.45) is 0. The summed E-state index contributed by atoms with van der Waals surface area (Å²) in [6.45, 7) is 4.64. The minimum absolute atomic E-state index is 0.261. The third kappa shape index (κ3) is 4.95. The van der Waals surface area contributed by atoms with Crippen LogP contribution in [0.15, 0.2) is 188 Å². The van der Waals surface area contributed by atoms with Crippen molar-refractivity contribution in [3.05, 3.63) is 199 Å². The number of fused-ring (bicyclic) bond motifs is 10. The van der Waals surface area contributed by atoms with Crippen LogP contribution in [0.2, 0.25) is 0 Å². The van der Waals surface area contributed by atoms with Crippen LogP contribution in [0.3, 0.4) is 0 Å². The number of benzene rings is 8. The third-order valence-electron chi connectivity index (χ3n) is 12.4. The van der Waals surface area contributed by atoms with Crippen molar-refractivity contribution in [2.75, 3.05) is 0 Å². The van der Waals surface area contributed by atoms with Gasteiger partial charge >= 0.3 is 0 Å². The van der Waals surface area contributed by atoms with E-state index in [9.17, 15) is 0 Å². The van der Waals surface area contributed by atoms with Gasteiger partial charge < -0.3 is 4.57 Å². The average Bonchev–Trinajstić information content (AvgIpc) is 3.90. The summed E-state index contributed by atoms with van der Waals surface area (Å²) >= 11 is 0. The van der Waals surface area contributed by atoms with Crippen LogP contribution in [0.1, 0.15) is 25.0 Å². The number of nitrogens with zero attached hydrogens (tertiary/aromatic N) is 5. The number of aromatic nitrogens is 5. The smallest absolute Gasteiger partial charge is 0.238 e. The zero-order chi connectivity index (χ0) is 39.2. The minimum atomic E-state index is -0.261. The van der Waals surface area contributed by atoms with Gasteiger partial charge in [0.15, 0.2) is 11.6 Å². The molecule has 3 heterocycles. The summed E-state index contributed by atoms with van der Waals surface area (Å²) in [4.78, 5) is 16.3. The van der Waals surface area contributed by atoms with Gasteiger partial charge in [0.25, 0.3) is 0 Å². The number of hydrogen-bond donors (Lipinski definition) is 0. The van der Waals surface area contributed by atoms with Crippen LogP contribution in [-0.2, 0) is 5.41 Å². The molecule has 5 heteroatoms. The number of rotatable bonds is 5. The normalized spacial score (nSPS) is 13.1. The Bertz CT molecular complexity index is 3450.